The van der Waals surface area contributed by atoms with E-state index in [0.717, 1.165) is 12.6 Å². The van der Waals surface area contributed by atoms with Gasteiger partial charge in [0.05, 0.1) is 0 Å². The normalized spacial score (nSPS) is 17.5. The van der Waals surface area contributed by atoms with E-state index in [4.69, 9.17) is 5.73 Å². The summed E-state index contributed by atoms with van der Waals surface area (Å²) >= 11 is 0. The maximum Gasteiger partial charge on any atom is 0.0424 e. The number of rotatable bonds is 5. The van der Waals surface area contributed by atoms with Gasteiger partial charge in [0.2, 0.25) is 0 Å². The van der Waals surface area contributed by atoms with Gasteiger partial charge in [0.15, 0.2) is 0 Å². The minimum atomic E-state index is 0.120. The Morgan fingerprint density at radius 3 is 2.65 bits per heavy atom. The van der Waals surface area contributed by atoms with E-state index in [2.05, 4.69) is 44.3 Å². The van der Waals surface area contributed by atoms with Crippen LogP contribution in [0, 0.1) is 6.92 Å². The van der Waals surface area contributed by atoms with E-state index in [9.17, 15) is 0 Å². The van der Waals surface area contributed by atoms with Crippen LogP contribution in [0.3, 0.4) is 0 Å². The van der Waals surface area contributed by atoms with Crippen molar-refractivity contribution in [1.82, 2.24) is 5.32 Å². The molecule has 2 heteroatoms. The molecule has 1 aliphatic rings. The molecule has 1 aromatic carbocycles. The molecule has 0 aliphatic heterocycles. The molecule has 1 unspecified atom stereocenters. The predicted molar refractivity (Wildman–Crippen MR) is 73.2 cm³/mol. The molecule has 3 N–H and O–H groups in total. The van der Waals surface area contributed by atoms with E-state index in [1.54, 1.807) is 0 Å². The lowest BCUT2D eigenvalue weighted by Gasteiger charge is -2.18. The summed E-state index contributed by atoms with van der Waals surface area (Å²) in [4.78, 5) is 0. The smallest absolute Gasteiger partial charge is 0.0424 e. The highest BCUT2D eigenvalue weighted by Crippen LogP contribution is 2.24. The van der Waals surface area contributed by atoms with Crippen LogP contribution in [0.1, 0.15) is 55.3 Å². The Balaban J connectivity index is 2.08. The molecule has 1 fully saturated rings. The Bertz CT molecular complexity index is 381. The van der Waals surface area contributed by atoms with Crippen LogP contribution in [0.5, 0.6) is 0 Å². The van der Waals surface area contributed by atoms with E-state index in [-0.39, 0.29) is 6.04 Å². The first-order chi connectivity index (χ1) is 8.08. The summed E-state index contributed by atoms with van der Waals surface area (Å²) in [5, 5.41) is 3.51. The van der Waals surface area contributed by atoms with Gasteiger partial charge in [-0.3, -0.25) is 0 Å². The van der Waals surface area contributed by atoms with Gasteiger partial charge in [-0.25, -0.2) is 0 Å². The number of hydrogen-bond acceptors (Lipinski definition) is 2. The van der Waals surface area contributed by atoms with Crippen LogP contribution in [0.25, 0.3) is 0 Å². The average Bonchev–Trinajstić information content (AvgIpc) is 3.10. The van der Waals surface area contributed by atoms with Crippen molar-refractivity contribution < 1.29 is 0 Å². The SMILES string of the molecule is Cc1ccc(C(C)C)cc1C(N)CNC1CC1. The average molecular weight is 232 g/mol. The molecule has 94 valence electrons. The number of aryl methyl sites for hydroxylation is 1. The molecule has 0 bridgehead atoms. The maximum atomic E-state index is 6.28. The van der Waals surface area contributed by atoms with Crippen LogP contribution in [0.2, 0.25) is 0 Å². The van der Waals surface area contributed by atoms with Gasteiger partial charge in [-0.15, -0.1) is 0 Å². The first kappa shape index (κ1) is 12.6. The van der Waals surface area contributed by atoms with Crippen molar-refractivity contribution >= 4 is 0 Å². The van der Waals surface area contributed by atoms with E-state index in [0.29, 0.717) is 5.92 Å². The zero-order chi connectivity index (χ0) is 12.4. The summed E-state index contributed by atoms with van der Waals surface area (Å²) < 4.78 is 0. The summed E-state index contributed by atoms with van der Waals surface area (Å²) in [7, 11) is 0. The number of nitrogens with two attached hydrogens (primary N) is 1. The van der Waals surface area contributed by atoms with E-state index in [1.165, 1.54) is 29.5 Å². The maximum absolute atomic E-state index is 6.28. The number of hydrogen-bond donors (Lipinski definition) is 2. The highest BCUT2D eigenvalue weighted by Gasteiger charge is 2.21. The van der Waals surface area contributed by atoms with E-state index < -0.39 is 0 Å². The van der Waals surface area contributed by atoms with E-state index >= 15 is 0 Å². The predicted octanol–water partition coefficient (Wildman–Crippen LogP) is 2.87. The molecule has 17 heavy (non-hydrogen) atoms. The molecule has 1 atom stereocenters. The molecule has 2 nitrogen and oxygen atoms in total. The summed E-state index contributed by atoms with van der Waals surface area (Å²) in [6.45, 7) is 7.49. The van der Waals surface area contributed by atoms with Gasteiger partial charge in [-0.05, 0) is 42.4 Å². The van der Waals surface area contributed by atoms with Gasteiger partial charge in [0, 0.05) is 18.6 Å². The molecule has 1 saturated carbocycles. The highest BCUT2D eigenvalue weighted by atomic mass is 15.0. The number of nitrogens with one attached hydrogen (secondary N) is 1. The lowest BCUT2D eigenvalue weighted by Crippen LogP contribution is -2.29. The second-order valence-electron chi connectivity index (χ2n) is 5.56. The summed E-state index contributed by atoms with van der Waals surface area (Å²) in [5.41, 5.74) is 10.3. The molecular formula is C15H24N2. The molecule has 1 aromatic rings. The quantitative estimate of drug-likeness (QED) is 0.819. The fraction of sp³-hybridized carbons (Fsp3) is 0.600. The highest BCUT2D eigenvalue weighted by molar-refractivity contribution is 5.35. The van der Waals surface area contributed by atoms with Crippen LogP contribution in [0.4, 0.5) is 0 Å². The number of benzene rings is 1. The lowest BCUT2D eigenvalue weighted by molar-refractivity contribution is 0.592. The fourth-order valence-corrected chi connectivity index (χ4v) is 2.11. The lowest BCUT2D eigenvalue weighted by atomic mass is 9.94. The summed E-state index contributed by atoms with van der Waals surface area (Å²) in [6.07, 6.45) is 2.63. The Hall–Kier alpha value is -0.860. The van der Waals surface area contributed by atoms with Gasteiger partial charge in [0.1, 0.15) is 0 Å². The molecule has 0 heterocycles. The van der Waals surface area contributed by atoms with Crippen molar-refractivity contribution in [2.24, 2.45) is 5.73 Å². The zero-order valence-electron chi connectivity index (χ0n) is 11.2. The van der Waals surface area contributed by atoms with E-state index in [1.807, 2.05) is 0 Å². The van der Waals surface area contributed by atoms with Crippen LogP contribution in [0.15, 0.2) is 18.2 Å². The van der Waals surface area contributed by atoms with Crippen molar-refractivity contribution in [2.45, 2.75) is 51.6 Å². The minimum Gasteiger partial charge on any atom is -0.323 e. The summed E-state index contributed by atoms with van der Waals surface area (Å²) in [6, 6.07) is 7.54. The van der Waals surface area contributed by atoms with Gasteiger partial charge < -0.3 is 11.1 Å². The third kappa shape index (κ3) is 3.30. The Morgan fingerprint density at radius 2 is 2.06 bits per heavy atom. The van der Waals surface area contributed by atoms with Gasteiger partial charge in [-0.2, -0.15) is 0 Å². The molecule has 0 saturated heterocycles. The third-order valence-electron chi connectivity index (χ3n) is 3.57. The zero-order valence-corrected chi connectivity index (χ0v) is 11.2. The molecule has 0 amide bonds. The largest absolute Gasteiger partial charge is 0.323 e. The van der Waals surface area contributed by atoms with Crippen molar-refractivity contribution in [3.8, 4) is 0 Å². The topological polar surface area (TPSA) is 38.0 Å². The fourth-order valence-electron chi connectivity index (χ4n) is 2.11. The molecular weight excluding hydrogens is 208 g/mol. The van der Waals surface area contributed by atoms with Crippen LogP contribution in [-0.2, 0) is 0 Å². The molecule has 0 radical (unpaired) electrons. The molecule has 0 aromatic heterocycles. The Labute approximate surface area is 105 Å². The molecule has 0 spiro atoms. The molecule has 2 rings (SSSR count). The van der Waals surface area contributed by atoms with Gasteiger partial charge >= 0.3 is 0 Å². The Kier molecular flexibility index (Phi) is 3.85. The van der Waals surface area contributed by atoms with Crippen LogP contribution >= 0.6 is 0 Å². The van der Waals surface area contributed by atoms with Crippen LogP contribution in [-0.4, -0.2) is 12.6 Å². The first-order valence-electron chi connectivity index (χ1n) is 6.67. The Morgan fingerprint density at radius 1 is 1.35 bits per heavy atom. The van der Waals surface area contributed by atoms with Gasteiger partial charge in [0.25, 0.3) is 0 Å². The van der Waals surface area contributed by atoms with Gasteiger partial charge in [-0.1, -0.05) is 32.0 Å². The summed E-state index contributed by atoms with van der Waals surface area (Å²) in [5.74, 6) is 0.568. The minimum absolute atomic E-state index is 0.120. The monoisotopic (exact) mass is 232 g/mol. The third-order valence-corrected chi connectivity index (χ3v) is 3.57. The van der Waals surface area contributed by atoms with Crippen LogP contribution < -0.4 is 11.1 Å². The first-order valence-corrected chi connectivity index (χ1v) is 6.67. The van der Waals surface area contributed by atoms with Crippen molar-refractivity contribution in [3.63, 3.8) is 0 Å². The van der Waals surface area contributed by atoms with Crippen molar-refractivity contribution in [3.05, 3.63) is 34.9 Å². The van der Waals surface area contributed by atoms with Crippen molar-refractivity contribution in [1.29, 1.82) is 0 Å². The van der Waals surface area contributed by atoms with Crippen molar-refractivity contribution in [2.75, 3.05) is 6.54 Å². The molecule has 1 aliphatic carbocycles. The standard InChI is InChI=1S/C15H24N2/c1-10(2)12-5-4-11(3)14(8-12)15(16)9-17-13-6-7-13/h4-5,8,10,13,15,17H,6-7,9,16H2,1-3H3. The second-order valence-corrected chi connectivity index (χ2v) is 5.56. The second kappa shape index (κ2) is 5.19.